The number of phenols is 2. The predicted octanol–water partition coefficient (Wildman–Crippen LogP) is 4.23. The highest BCUT2D eigenvalue weighted by molar-refractivity contribution is 6.37. The van der Waals surface area contributed by atoms with Gasteiger partial charge in [-0.25, -0.2) is 0 Å². The van der Waals surface area contributed by atoms with Crippen molar-refractivity contribution < 1.29 is 34.1 Å². The molecule has 3 aliphatic rings. The molecule has 0 aliphatic heterocycles. The summed E-state index contributed by atoms with van der Waals surface area (Å²) in [5, 5.41) is 23.2. The Labute approximate surface area is 228 Å². The number of nitrogens with one attached hydrogen (secondary N) is 1. The molecular weight excluding hydrogens is 514 g/mol. The lowest BCUT2D eigenvalue weighted by Crippen LogP contribution is -2.41. The molecule has 2 aromatic carbocycles. The van der Waals surface area contributed by atoms with Crippen LogP contribution in [0.25, 0.3) is 10.8 Å². The fraction of sp³-hybridized carbons (Fsp3) is 0.323. The van der Waals surface area contributed by atoms with Crippen LogP contribution in [0.5, 0.6) is 11.5 Å². The maximum atomic E-state index is 14.1. The summed E-state index contributed by atoms with van der Waals surface area (Å²) >= 11 is 0. The molecule has 0 saturated carbocycles. The molecule has 6 rings (SSSR count). The van der Waals surface area contributed by atoms with Crippen molar-refractivity contribution in [3.63, 3.8) is 0 Å². The number of pyridine rings is 1. The second-order valence-electron chi connectivity index (χ2n) is 10.7. The van der Waals surface area contributed by atoms with Gasteiger partial charge in [0.1, 0.15) is 16.9 Å². The molecule has 0 radical (unpaired) electrons. The van der Waals surface area contributed by atoms with Crippen molar-refractivity contribution in [2.45, 2.75) is 57.3 Å². The van der Waals surface area contributed by atoms with Crippen LogP contribution in [0.15, 0.2) is 34.8 Å². The average molecular weight is 542 g/mol. The third kappa shape index (κ3) is 3.30. The molecule has 1 heterocycles. The Balaban J connectivity index is 1.55. The Bertz CT molecular complexity index is 1790. The molecule has 1 spiro atoms. The highest BCUT2D eigenvalue weighted by Crippen LogP contribution is 2.54. The molecule has 3 N–H and O–H groups in total. The van der Waals surface area contributed by atoms with Crippen LogP contribution < -0.4 is 5.56 Å². The fourth-order valence-electron chi connectivity index (χ4n) is 6.61. The summed E-state index contributed by atoms with van der Waals surface area (Å²) in [5.41, 5.74) is -2.22. The van der Waals surface area contributed by atoms with Gasteiger partial charge < -0.3 is 19.9 Å². The summed E-state index contributed by atoms with van der Waals surface area (Å²) in [4.78, 5) is 69.9. The summed E-state index contributed by atoms with van der Waals surface area (Å²) in [6.45, 7) is 2.09. The molecule has 0 fully saturated rings. The number of benzene rings is 2. The van der Waals surface area contributed by atoms with Crippen LogP contribution in [-0.4, -0.2) is 45.4 Å². The molecule has 0 amide bonds. The topological polar surface area (TPSA) is 151 Å². The van der Waals surface area contributed by atoms with E-state index in [1.54, 1.807) is 6.07 Å². The zero-order chi connectivity index (χ0) is 28.5. The van der Waals surface area contributed by atoms with Gasteiger partial charge in [-0.05, 0) is 55.2 Å². The lowest BCUT2D eigenvalue weighted by atomic mass is 9.66. The molecule has 1 aromatic heterocycles. The SMILES string of the molecule is CCCCCc1cc2cc3c(c(O)c2c(=O)[nH]1)C1(CCC3)C(=O)c2cc3c(c(O)c2C1=O)C(=O)C(OC)=CC3=O. The van der Waals surface area contributed by atoms with E-state index in [-0.39, 0.29) is 39.8 Å². The number of aromatic amines is 1. The van der Waals surface area contributed by atoms with Gasteiger partial charge in [-0.15, -0.1) is 0 Å². The molecule has 0 saturated heterocycles. The number of H-pyrrole nitrogens is 1. The Kier molecular flexibility index (Phi) is 5.80. The number of aryl methyl sites for hydroxylation is 2. The first kappa shape index (κ1) is 25.7. The van der Waals surface area contributed by atoms with Crippen molar-refractivity contribution >= 4 is 33.9 Å². The molecular formula is C31H27NO8. The van der Waals surface area contributed by atoms with Gasteiger partial charge in [0, 0.05) is 28.5 Å². The number of aromatic nitrogens is 1. The Morgan fingerprint density at radius 2 is 1.73 bits per heavy atom. The van der Waals surface area contributed by atoms with Crippen LogP contribution in [0.3, 0.4) is 0 Å². The molecule has 1 unspecified atom stereocenters. The van der Waals surface area contributed by atoms with E-state index >= 15 is 0 Å². The number of ketones is 4. The number of allylic oxidation sites excluding steroid dienone is 2. The second kappa shape index (κ2) is 9.01. The number of carbonyl (C=O) groups excluding carboxylic acids is 4. The number of aromatic hydroxyl groups is 2. The van der Waals surface area contributed by atoms with Crippen molar-refractivity contribution in [1.29, 1.82) is 0 Å². The average Bonchev–Trinajstić information content (AvgIpc) is 3.12. The number of rotatable bonds is 5. The van der Waals surface area contributed by atoms with Gasteiger partial charge in [-0.3, -0.25) is 24.0 Å². The number of phenolic OH excluding ortho intramolecular Hbond substituents is 2. The van der Waals surface area contributed by atoms with Gasteiger partial charge in [0.05, 0.1) is 23.6 Å². The predicted molar refractivity (Wildman–Crippen MR) is 145 cm³/mol. The third-order valence-corrected chi connectivity index (χ3v) is 8.46. The van der Waals surface area contributed by atoms with E-state index in [0.29, 0.717) is 30.2 Å². The van der Waals surface area contributed by atoms with E-state index in [1.165, 1.54) is 13.2 Å². The molecule has 204 valence electrons. The van der Waals surface area contributed by atoms with Gasteiger partial charge >= 0.3 is 0 Å². The smallest absolute Gasteiger partial charge is 0.259 e. The monoisotopic (exact) mass is 541 g/mol. The van der Waals surface area contributed by atoms with Crippen molar-refractivity contribution in [2.24, 2.45) is 0 Å². The fourth-order valence-corrected chi connectivity index (χ4v) is 6.61. The largest absolute Gasteiger partial charge is 0.507 e. The third-order valence-electron chi connectivity index (χ3n) is 8.46. The number of ether oxygens (including phenoxy) is 1. The van der Waals surface area contributed by atoms with E-state index in [0.717, 1.165) is 31.0 Å². The first-order chi connectivity index (χ1) is 19.1. The maximum Gasteiger partial charge on any atom is 0.259 e. The quantitative estimate of drug-likeness (QED) is 0.321. The Morgan fingerprint density at radius 3 is 2.45 bits per heavy atom. The lowest BCUT2D eigenvalue weighted by Gasteiger charge is -2.34. The normalized spacial score (nSPS) is 19.6. The molecule has 0 bridgehead atoms. The van der Waals surface area contributed by atoms with E-state index in [2.05, 4.69) is 11.9 Å². The summed E-state index contributed by atoms with van der Waals surface area (Å²) in [6.07, 6.45) is 5.53. The first-order valence-corrected chi connectivity index (χ1v) is 13.4. The van der Waals surface area contributed by atoms with Crippen molar-refractivity contribution in [1.82, 2.24) is 4.98 Å². The van der Waals surface area contributed by atoms with Crippen LogP contribution in [0.2, 0.25) is 0 Å². The maximum absolute atomic E-state index is 14.1. The van der Waals surface area contributed by atoms with E-state index in [9.17, 15) is 34.2 Å². The lowest BCUT2D eigenvalue weighted by molar-refractivity contribution is 0.0770. The molecule has 9 nitrogen and oxygen atoms in total. The summed E-state index contributed by atoms with van der Waals surface area (Å²) in [5.74, 6) is -4.38. The number of unbranched alkanes of at least 4 members (excludes halogenated alkanes) is 2. The number of methoxy groups -OCH3 is 1. The van der Waals surface area contributed by atoms with E-state index in [4.69, 9.17) is 4.74 Å². The van der Waals surface area contributed by atoms with Crippen molar-refractivity contribution in [2.75, 3.05) is 7.11 Å². The minimum atomic E-state index is -1.90. The van der Waals surface area contributed by atoms with Crippen LogP contribution in [0.4, 0.5) is 0 Å². The van der Waals surface area contributed by atoms with Gasteiger partial charge in [0.15, 0.2) is 23.1 Å². The standard InChI is InChI=1S/C31H27NO8/c1-3-4-5-8-16-11-15-10-14-7-6-9-31(24(14)27(36)21(15)30(39)32-16)28(37)18-12-17-19(33)13-20(40-2)25(34)22(17)26(35)23(18)29(31)38/h10-13,35-36H,3-9H2,1-2H3,(H,32,39). The Hall–Kier alpha value is -4.53. The number of hydrogen-bond acceptors (Lipinski definition) is 8. The van der Waals surface area contributed by atoms with E-state index < -0.39 is 51.2 Å². The number of Topliss-reactive ketones (excluding diaryl/α,β-unsaturated/α-hetero) is 3. The number of hydrogen-bond donors (Lipinski definition) is 3. The highest BCUT2D eigenvalue weighted by atomic mass is 16.5. The zero-order valence-corrected chi connectivity index (χ0v) is 22.1. The number of fused-ring (bicyclic) bond motifs is 5. The van der Waals surface area contributed by atoms with Crippen LogP contribution in [0.1, 0.15) is 97.3 Å². The Morgan fingerprint density at radius 1 is 0.950 bits per heavy atom. The second-order valence-corrected chi connectivity index (χ2v) is 10.7. The molecule has 9 heteroatoms. The van der Waals surface area contributed by atoms with Crippen LogP contribution in [0, 0.1) is 0 Å². The molecule has 3 aromatic rings. The zero-order valence-electron chi connectivity index (χ0n) is 22.1. The van der Waals surface area contributed by atoms with Crippen molar-refractivity contribution in [3.05, 3.63) is 79.5 Å². The molecule has 3 aliphatic carbocycles. The minimum Gasteiger partial charge on any atom is -0.507 e. The van der Waals surface area contributed by atoms with Gasteiger partial charge in [0.25, 0.3) is 5.56 Å². The van der Waals surface area contributed by atoms with Gasteiger partial charge in [-0.1, -0.05) is 25.8 Å². The summed E-state index contributed by atoms with van der Waals surface area (Å²) in [6, 6.07) is 4.74. The first-order valence-electron chi connectivity index (χ1n) is 13.4. The minimum absolute atomic E-state index is 0.0152. The molecule has 40 heavy (non-hydrogen) atoms. The van der Waals surface area contributed by atoms with E-state index in [1.807, 2.05) is 6.07 Å². The molecule has 1 atom stereocenters. The highest BCUT2D eigenvalue weighted by Gasteiger charge is 2.59. The van der Waals surface area contributed by atoms with Gasteiger partial charge in [-0.2, -0.15) is 0 Å². The van der Waals surface area contributed by atoms with Gasteiger partial charge in [0.2, 0.25) is 5.78 Å². The van der Waals surface area contributed by atoms with Crippen molar-refractivity contribution in [3.8, 4) is 11.5 Å². The van der Waals surface area contributed by atoms with Crippen LogP contribution >= 0.6 is 0 Å². The summed E-state index contributed by atoms with van der Waals surface area (Å²) in [7, 11) is 1.21. The number of carbonyl (C=O) groups is 4. The van der Waals surface area contributed by atoms with Crippen LogP contribution in [-0.2, 0) is 23.0 Å². The summed E-state index contributed by atoms with van der Waals surface area (Å²) < 4.78 is 4.97.